The molecule has 17 heteroatoms. The number of nitrogens with one attached hydrogen (secondary N) is 2. The zero-order chi connectivity index (χ0) is 49.2. The number of likely N-dealkylation sites (tertiary alicyclic amines) is 2. The summed E-state index contributed by atoms with van der Waals surface area (Å²) < 4.78 is 30.4. The number of anilines is 2. The van der Waals surface area contributed by atoms with Gasteiger partial charge in [0.25, 0.3) is 5.91 Å². The number of hydrogen-bond acceptors (Lipinski definition) is 14. The molecule has 6 saturated heterocycles. The number of phenols is 1. The van der Waals surface area contributed by atoms with E-state index in [9.17, 15) is 19.5 Å². The molecule has 3 N–H and O–H groups in total. The molecule has 72 heavy (non-hydrogen) atoms. The van der Waals surface area contributed by atoms with Crippen LogP contribution in [0.3, 0.4) is 0 Å². The second kappa shape index (κ2) is 19.4. The van der Waals surface area contributed by atoms with E-state index in [0.29, 0.717) is 59.9 Å². The Labute approximate surface area is 419 Å². The third-order valence-electron chi connectivity index (χ3n) is 16.8. The van der Waals surface area contributed by atoms with Crippen LogP contribution in [0.2, 0.25) is 0 Å². The van der Waals surface area contributed by atoms with E-state index in [1.165, 1.54) is 0 Å². The number of aromatic hydroxyl groups is 1. The molecule has 5 aromatic rings. The highest BCUT2D eigenvalue weighted by atomic mass is 19.1. The fraction of sp³-hybridized carbons (Fsp3) is 0.527. The number of benzene rings is 3. The fourth-order valence-corrected chi connectivity index (χ4v) is 12.9. The zero-order valence-corrected chi connectivity index (χ0v) is 41.3. The summed E-state index contributed by atoms with van der Waals surface area (Å²) in [4.78, 5) is 63.1. The second-order valence-corrected chi connectivity index (χ2v) is 21.5. The maximum Gasteiger partial charge on any atom is 0.319 e. The highest BCUT2D eigenvalue weighted by Gasteiger charge is 2.40. The summed E-state index contributed by atoms with van der Waals surface area (Å²) in [5, 5.41) is 19.1. The number of fused-ring (bicyclic) bond motifs is 5. The predicted octanol–water partition coefficient (Wildman–Crippen LogP) is 5.80. The van der Waals surface area contributed by atoms with Gasteiger partial charge in [0.1, 0.15) is 35.4 Å². The van der Waals surface area contributed by atoms with Crippen molar-refractivity contribution in [3.63, 3.8) is 0 Å². The van der Waals surface area contributed by atoms with E-state index < -0.39 is 11.9 Å². The number of halogens is 1. The van der Waals surface area contributed by atoms with Crippen LogP contribution in [0.5, 0.6) is 11.8 Å². The lowest BCUT2D eigenvalue weighted by atomic mass is 9.94. The summed E-state index contributed by atoms with van der Waals surface area (Å²) >= 11 is 0. The Bertz CT molecular complexity index is 2910. The predicted molar refractivity (Wildman–Crippen MR) is 272 cm³/mol. The van der Waals surface area contributed by atoms with Gasteiger partial charge in [-0.05, 0) is 123 Å². The molecular weight excluding hydrogens is 916 g/mol. The summed E-state index contributed by atoms with van der Waals surface area (Å²) in [6, 6.07) is 15.6. The third kappa shape index (κ3) is 9.10. The Balaban J connectivity index is 0.652. The molecule has 3 unspecified atom stereocenters. The summed E-state index contributed by atoms with van der Waals surface area (Å²) in [7, 11) is 2.11. The van der Waals surface area contributed by atoms with Crippen molar-refractivity contribution in [3.8, 4) is 23.0 Å². The molecule has 6 fully saturated rings. The molecule has 378 valence electrons. The van der Waals surface area contributed by atoms with Gasteiger partial charge in [-0.1, -0.05) is 25.1 Å². The topological polar surface area (TPSA) is 169 Å². The monoisotopic (exact) mass is 981 g/mol. The number of ether oxygens (including phenoxy) is 2. The van der Waals surface area contributed by atoms with Gasteiger partial charge in [0, 0.05) is 106 Å². The number of likely N-dealkylation sites (N-methyl/N-ethyl adjacent to an activating group) is 1. The number of aryl methyl sites for hydroxylation is 1. The van der Waals surface area contributed by atoms with E-state index in [4.69, 9.17) is 24.4 Å². The Morgan fingerprint density at radius 1 is 0.861 bits per heavy atom. The maximum absolute atomic E-state index is 17.2. The van der Waals surface area contributed by atoms with Crippen LogP contribution in [-0.4, -0.2) is 155 Å². The molecular formula is C55H65FN10O6. The van der Waals surface area contributed by atoms with E-state index in [0.717, 1.165) is 131 Å². The number of carbonyl (C=O) groups excluding carboxylic acids is 3. The molecule has 5 atom stereocenters. The molecule has 9 heterocycles. The minimum Gasteiger partial charge on any atom is -0.508 e. The zero-order valence-electron chi connectivity index (χ0n) is 41.3. The molecule has 16 nitrogen and oxygen atoms in total. The Morgan fingerprint density at radius 3 is 2.44 bits per heavy atom. The van der Waals surface area contributed by atoms with E-state index >= 15 is 4.39 Å². The van der Waals surface area contributed by atoms with Crippen molar-refractivity contribution in [2.75, 3.05) is 75.8 Å². The van der Waals surface area contributed by atoms with Crippen LogP contribution in [0, 0.1) is 11.7 Å². The first-order chi connectivity index (χ1) is 35.0. The highest BCUT2D eigenvalue weighted by molar-refractivity contribution is 6.06. The lowest BCUT2D eigenvalue weighted by Crippen LogP contribution is -2.52. The summed E-state index contributed by atoms with van der Waals surface area (Å²) in [6.45, 7) is 10.2. The van der Waals surface area contributed by atoms with Crippen molar-refractivity contribution in [3.05, 3.63) is 77.2 Å². The van der Waals surface area contributed by atoms with E-state index in [-0.39, 0.29) is 65.4 Å². The minimum absolute atomic E-state index is 0.0488. The number of piperazine rings is 1. The maximum atomic E-state index is 17.2. The van der Waals surface area contributed by atoms with Gasteiger partial charge >= 0.3 is 6.01 Å². The minimum atomic E-state index is -0.605. The van der Waals surface area contributed by atoms with Crippen molar-refractivity contribution in [2.24, 2.45) is 5.92 Å². The van der Waals surface area contributed by atoms with Gasteiger partial charge in [0.05, 0.1) is 17.6 Å². The van der Waals surface area contributed by atoms with Crippen LogP contribution in [0.15, 0.2) is 54.7 Å². The van der Waals surface area contributed by atoms with Gasteiger partial charge in [0.15, 0.2) is 5.82 Å². The van der Waals surface area contributed by atoms with E-state index in [1.807, 2.05) is 30.3 Å². The van der Waals surface area contributed by atoms with Crippen molar-refractivity contribution in [1.29, 1.82) is 0 Å². The molecule has 0 aliphatic carbocycles. The average molecular weight is 981 g/mol. The average Bonchev–Trinajstić information content (AvgIpc) is 4.04. The number of amides is 3. The van der Waals surface area contributed by atoms with Crippen LogP contribution >= 0.6 is 0 Å². The number of pyridine rings is 1. The number of carbonyl (C=O) groups is 3. The number of imide groups is 1. The van der Waals surface area contributed by atoms with Crippen LogP contribution in [0.4, 0.5) is 15.9 Å². The molecule has 3 amide bonds. The Kier molecular flexibility index (Phi) is 12.7. The molecule has 0 saturated carbocycles. The quantitative estimate of drug-likeness (QED) is 0.128. The first-order valence-corrected chi connectivity index (χ1v) is 26.4. The first kappa shape index (κ1) is 47.0. The second-order valence-electron chi connectivity index (χ2n) is 21.5. The van der Waals surface area contributed by atoms with Gasteiger partial charge in [-0.25, -0.2) is 4.39 Å². The Morgan fingerprint density at radius 2 is 1.67 bits per heavy atom. The molecule has 2 aromatic heterocycles. The number of hydrogen-bond donors (Lipinski definition) is 3. The van der Waals surface area contributed by atoms with Gasteiger partial charge in [-0.15, -0.1) is 0 Å². The summed E-state index contributed by atoms with van der Waals surface area (Å²) in [5.41, 5.74) is 4.59. The lowest BCUT2D eigenvalue weighted by Gasteiger charge is -2.38. The molecule has 12 rings (SSSR count). The number of piperidine rings is 3. The van der Waals surface area contributed by atoms with Crippen molar-refractivity contribution in [1.82, 2.24) is 40.3 Å². The van der Waals surface area contributed by atoms with Gasteiger partial charge in [0.2, 0.25) is 11.8 Å². The van der Waals surface area contributed by atoms with Crippen molar-refractivity contribution < 1.29 is 33.4 Å². The largest absolute Gasteiger partial charge is 0.508 e. The van der Waals surface area contributed by atoms with Crippen molar-refractivity contribution in [2.45, 2.75) is 114 Å². The highest BCUT2D eigenvalue weighted by Crippen LogP contribution is 2.40. The molecule has 0 radical (unpaired) electrons. The van der Waals surface area contributed by atoms with Crippen LogP contribution in [-0.2, 0) is 27.3 Å². The van der Waals surface area contributed by atoms with Crippen molar-refractivity contribution >= 4 is 50.9 Å². The number of rotatable bonds is 12. The molecule has 0 spiro atoms. The Hall–Kier alpha value is -6.01. The standard InChI is InChI=1S/C55H65FN10O6/c1-3-33-5-4-6-34-22-40(67)24-44(48(33)34)50-49(56)51-45(25-57-50)52(65-28-36-7-8-37(29-65)58-36)61-55(60-51)71-31-39-23-42(30-62(39)2)72-41-15-17-63(18-16-41)26-32-13-19-64(20-14-32)38-9-10-43-35(21-38)27-66(54(43)70)46-11-12-47(68)59-53(46)69/h4-6,9-10,21-22,24-25,32,36-37,39,41-42,46,58,67H,3,7-8,11-20,23,26-31H2,1-2H3,(H,59,68,69)/t36?,37?,39-,42+,46?/m0/s1. The normalized spacial score (nSPS) is 25.6. The summed E-state index contributed by atoms with van der Waals surface area (Å²) in [6.07, 6.45) is 10.6. The van der Waals surface area contributed by atoms with E-state index in [1.54, 1.807) is 23.2 Å². The summed E-state index contributed by atoms with van der Waals surface area (Å²) in [5.74, 6) is -0.0486. The fourth-order valence-electron chi connectivity index (χ4n) is 12.9. The molecule has 2 bridgehead atoms. The SMILES string of the molecule is CCc1cccc2cc(O)cc(-c3ncc4c(N5CC6CCC(C5)N6)nc(OC[C@@H]5C[C@@H](OC6CCN(CC7CCN(c8ccc9c(c8)CN(C8CCC(=O)NC8=O)C9=O)CC7)CC6)CN5C)nc4c3F)c12. The van der Waals surface area contributed by atoms with Gasteiger partial charge < -0.3 is 39.5 Å². The molecule has 7 aliphatic heterocycles. The number of aromatic nitrogens is 3. The van der Waals surface area contributed by atoms with Crippen LogP contribution < -0.4 is 25.2 Å². The first-order valence-electron chi connectivity index (χ1n) is 26.4. The lowest BCUT2D eigenvalue weighted by molar-refractivity contribution is -0.136. The van der Waals surface area contributed by atoms with Gasteiger partial charge in [-0.2, -0.15) is 9.97 Å². The molecule has 3 aromatic carbocycles. The van der Waals surface area contributed by atoms with E-state index in [2.05, 4.69) is 50.3 Å². The van der Waals surface area contributed by atoms with Crippen LogP contribution in [0.25, 0.3) is 32.9 Å². The third-order valence-corrected chi connectivity index (χ3v) is 16.8. The molecule has 7 aliphatic rings. The number of phenolic OH excluding ortho intramolecular Hbond substituents is 1. The van der Waals surface area contributed by atoms with Crippen LogP contribution in [0.1, 0.15) is 86.2 Å². The van der Waals surface area contributed by atoms with Gasteiger partial charge in [-0.3, -0.25) is 29.6 Å². The number of nitrogens with zero attached hydrogens (tertiary/aromatic N) is 8. The smallest absolute Gasteiger partial charge is 0.319 e.